The van der Waals surface area contributed by atoms with Crippen molar-refractivity contribution in [2.45, 2.75) is 6.61 Å². The monoisotopic (exact) mass is 281 g/mol. The van der Waals surface area contributed by atoms with Crippen molar-refractivity contribution in [3.8, 4) is 5.75 Å². The molecule has 3 aromatic rings. The van der Waals surface area contributed by atoms with Crippen molar-refractivity contribution in [3.63, 3.8) is 0 Å². The fourth-order valence-corrected chi connectivity index (χ4v) is 2.14. The summed E-state index contributed by atoms with van der Waals surface area (Å²) < 4.78 is 5.76. The smallest absolute Gasteiger partial charge is 0.281 e. The summed E-state index contributed by atoms with van der Waals surface area (Å²) >= 11 is 0. The molecule has 5 nitrogen and oxygen atoms in total. The van der Waals surface area contributed by atoms with E-state index in [-0.39, 0.29) is 5.91 Å². The first-order valence-electron chi connectivity index (χ1n) is 6.57. The topological polar surface area (TPSA) is 80.1 Å². The average Bonchev–Trinajstić information content (AvgIpc) is 2.96. The van der Waals surface area contributed by atoms with Crippen LogP contribution in [-0.4, -0.2) is 10.9 Å². The summed E-state index contributed by atoms with van der Waals surface area (Å²) in [6.45, 7) is 0.507. The summed E-state index contributed by atoms with van der Waals surface area (Å²) in [6.07, 6.45) is 0. The predicted octanol–water partition coefficient (Wildman–Crippen LogP) is 2.35. The standard InChI is InChI=1S/C16H15N3O2/c17-19-16(20)15-9-12-8-13(6-7-14(12)18-15)21-10-11-4-2-1-3-5-11/h1-9,18H,10,17H2,(H,19,20). The first-order valence-corrected chi connectivity index (χ1v) is 6.57. The van der Waals surface area contributed by atoms with Crippen molar-refractivity contribution in [1.29, 1.82) is 0 Å². The Bertz CT molecular complexity index is 766. The average molecular weight is 281 g/mol. The highest BCUT2D eigenvalue weighted by Gasteiger charge is 2.08. The third-order valence-corrected chi connectivity index (χ3v) is 3.22. The van der Waals surface area contributed by atoms with Gasteiger partial charge in [-0.1, -0.05) is 30.3 Å². The van der Waals surface area contributed by atoms with E-state index in [1.165, 1.54) is 0 Å². The Labute approximate surface area is 121 Å². The van der Waals surface area contributed by atoms with Crippen LogP contribution in [0.15, 0.2) is 54.6 Å². The fraction of sp³-hybridized carbons (Fsp3) is 0.0625. The highest BCUT2D eigenvalue weighted by atomic mass is 16.5. The molecule has 0 unspecified atom stereocenters. The second-order valence-electron chi connectivity index (χ2n) is 4.68. The van der Waals surface area contributed by atoms with Crippen molar-refractivity contribution in [2.75, 3.05) is 0 Å². The molecule has 5 heteroatoms. The van der Waals surface area contributed by atoms with Gasteiger partial charge in [0.1, 0.15) is 18.1 Å². The number of H-pyrrole nitrogens is 1. The van der Waals surface area contributed by atoms with Gasteiger partial charge < -0.3 is 9.72 Å². The van der Waals surface area contributed by atoms with Gasteiger partial charge in [-0.05, 0) is 29.8 Å². The summed E-state index contributed by atoms with van der Waals surface area (Å²) in [6, 6.07) is 17.3. The number of nitrogens with one attached hydrogen (secondary N) is 2. The van der Waals surface area contributed by atoms with Crippen LogP contribution >= 0.6 is 0 Å². The molecule has 0 bridgehead atoms. The van der Waals surface area contributed by atoms with E-state index in [1.54, 1.807) is 6.07 Å². The van der Waals surface area contributed by atoms with E-state index in [9.17, 15) is 4.79 Å². The maximum absolute atomic E-state index is 11.5. The molecule has 0 aliphatic carbocycles. The number of fused-ring (bicyclic) bond motifs is 1. The highest BCUT2D eigenvalue weighted by molar-refractivity contribution is 5.97. The molecule has 0 atom stereocenters. The van der Waals surface area contributed by atoms with Gasteiger partial charge in [0.2, 0.25) is 0 Å². The molecule has 0 saturated heterocycles. The lowest BCUT2D eigenvalue weighted by atomic mass is 10.2. The molecule has 1 amide bonds. The van der Waals surface area contributed by atoms with Crippen molar-refractivity contribution in [2.24, 2.45) is 5.84 Å². The van der Waals surface area contributed by atoms with Gasteiger partial charge in [-0.2, -0.15) is 0 Å². The number of hydrogen-bond acceptors (Lipinski definition) is 3. The highest BCUT2D eigenvalue weighted by Crippen LogP contribution is 2.22. The molecular weight excluding hydrogens is 266 g/mol. The van der Waals surface area contributed by atoms with E-state index in [1.807, 2.05) is 48.5 Å². The van der Waals surface area contributed by atoms with Crippen LogP contribution in [0, 0.1) is 0 Å². The molecule has 3 rings (SSSR count). The number of nitrogen functional groups attached to an aromatic ring is 1. The van der Waals surface area contributed by atoms with E-state index < -0.39 is 0 Å². The van der Waals surface area contributed by atoms with Crippen LogP contribution in [0.3, 0.4) is 0 Å². The summed E-state index contributed by atoms with van der Waals surface area (Å²) in [4.78, 5) is 14.5. The lowest BCUT2D eigenvalue weighted by Crippen LogP contribution is -2.30. The number of amides is 1. The van der Waals surface area contributed by atoms with E-state index in [0.29, 0.717) is 12.3 Å². The normalized spacial score (nSPS) is 10.5. The van der Waals surface area contributed by atoms with Crippen molar-refractivity contribution < 1.29 is 9.53 Å². The van der Waals surface area contributed by atoms with E-state index >= 15 is 0 Å². The van der Waals surface area contributed by atoms with Gasteiger partial charge >= 0.3 is 0 Å². The molecular formula is C16H15N3O2. The number of benzene rings is 2. The van der Waals surface area contributed by atoms with Crippen LogP contribution in [0.1, 0.15) is 16.1 Å². The quantitative estimate of drug-likeness (QED) is 0.390. The second-order valence-corrected chi connectivity index (χ2v) is 4.68. The Morgan fingerprint density at radius 1 is 1.14 bits per heavy atom. The minimum absolute atomic E-state index is 0.349. The van der Waals surface area contributed by atoms with Gasteiger partial charge in [-0.25, -0.2) is 5.84 Å². The van der Waals surface area contributed by atoms with Crippen molar-refractivity contribution in [3.05, 3.63) is 65.9 Å². The van der Waals surface area contributed by atoms with E-state index in [4.69, 9.17) is 10.6 Å². The number of hydrogen-bond donors (Lipinski definition) is 3. The number of carbonyl (C=O) groups excluding carboxylic acids is 1. The van der Waals surface area contributed by atoms with Crippen LogP contribution in [0.4, 0.5) is 0 Å². The number of ether oxygens (including phenoxy) is 1. The van der Waals surface area contributed by atoms with Crippen LogP contribution in [0.25, 0.3) is 10.9 Å². The molecule has 21 heavy (non-hydrogen) atoms. The lowest BCUT2D eigenvalue weighted by Gasteiger charge is -2.06. The Balaban J connectivity index is 1.79. The molecule has 1 aromatic heterocycles. The molecule has 0 aliphatic heterocycles. The van der Waals surface area contributed by atoms with Gasteiger partial charge in [-0.15, -0.1) is 0 Å². The van der Waals surface area contributed by atoms with Gasteiger partial charge in [-0.3, -0.25) is 10.2 Å². The van der Waals surface area contributed by atoms with Gasteiger partial charge in [0.15, 0.2) is 0 Å². The maximum Gasteiger partial charge on any atom is 0.281 e. The number of nitrogens with two attached hydrogens (primary N) is 1. The molecule has 106 valence electrons. The first-order chi connectivity index (χ1) is 10.3. The Kier molecular flexibility index (Phi) is 3.57. The molecule has 0 saturated carbocycles. The summed E-state index contributed by atoms with van der Waals surface area (Å²) in [5, 5.41) is 0.902. The minimum Gasteiger partial charge on any atom is -0.489 e. The maximum atomic E-state index is 11.5. The Morgan fingerprint density at radius 3 is 2.71 bits per heavy atom. The van der Waals surface area contributed by atoms with Crippen LogP contribution < -0.4 is 16.0 Å². The molecule has 0 aliphatic rings. The minimum atomic E-state index is -0.349. The van der Waals surface area contributed by atoms with Gasteiger partial charge in [0, 0.05) is 10.9 Å². The molecule has 0 spiro atoms. The molecule has 2 aromatic carbocycles. The number of rotatable bonds is 4. The number of hydrazine groups is 1. The zero-order valence-electron chi connectivity index (χ0n) is 11.3. The zero-order valence-corrected chi connectivity index (χ0v) is 11.3. The lowest BCUT2D eigenvalue weighted by molar-refractivity contribution is 0.0949. The van der Waals surface area contributed by atoms with Crippen molar-refractivity contribution in [1.82, 2.24) is 10.4 Å². The Morgan fingerprint density at radius 2 is 1.95 bits per heavy atom. The summed E-state index contributed by atoms with van der Waals surface area (Å²) in [7, 11) is 0. The third kappa shape index (κ3) is 2.88. The van der Waals surface area contributed by atoms with Crippen LogP contribution in [-0.2, 0) is 6.61 Å². The van der Waals surface area contributed by atoms with Crippen molar-refractivity contribution >= 4 is 16.8 Å². The molecule has 1 heterocycles. The molecule has 0 fully saturated rings. The zero-order chi connectivity index (χ0) is 14.7. The number of carbonyl (C=O) groups is 1. The van der Waals surface area contributed by atoms with E-state index in [2.05, 4.69) is 10.4 Å². The molecule has 4 N–H and O–H groups in total. The fourth-order valence-electron chi connectivity index (χ4n) is 2.14. The Hall–Kier alpha value is -2.79. The second kappa shape index (κ2) is 5.68. The van der Waals surface area contributed by atoms with Crippen LogP contribution in [0.5, 0.6) is 5.75 Å². The SMILES string of the molecule is NNC(=O)c1cc2cc(OCc3ccccc3)ccc2[nH]1. The summed E-state index contributed by atoms with van der Waals surface area (Å²) in [5.41, 5.74) is 4.49. The first kappa shape index (κ1) is 13.2. The molecule has 0 radical (unpaired) electrons. The van der Waals surface area contributed by atoms with Crippen LogP contribution in [0.2, 0.25) is 0 Å². The van der Waals surface area contributed by atoms with Gasteiger partial charge in [0.25, 0.3) is 5.91 Å². The van der Waals surface area contributed by atoms with E-state index in [0.717, 1.165) is 22.2 Å². The summed E-state index contributed by atoms with van der Waals surface area (Å²) in [5.74, 6) is 5.53. The predicted molar refractivity (Wildman–Crippen MR) is 80.7 cm³/mol. The largest absolute Gasteiger partial charge is 0.489 e. The number of aromatic amines is 1. The van der Waals surface area contributed by atoms with Gasteiger partial charge in [0.05, 0.1) is 0 Å². The third-order valence-electron chi connectivity index (χ3n) is 3.22. The number of aromatic nitrogens is 1.